The van der Waals surface area contributed by atoms with E-state index in [1.165, 1.54) is 6.08 Å². The number of alkyl halides is 1. The number of hydrogen-bond acceptors (Lipinski definition) is 0. The molecule has 0 aliphatic heterocycles. The Morgan fingerprint density at radius 3 is 2.50 bits per heavy atom. The van der Waals surface area contributed by atoms with Crippen molar-refractivity contribution in [2.45, 2.75) is 19.3 Å². The van der Waals surface area contributed by atoms with Crippen molar-refractivity contribution in [2.75, 3.05) is 6.67 Å². The Kier molecular flexibility index (Phi) is 7.79. The lowest BCUT2D eigenvalue weighted by Crippen LogP contribution is -1.74. The minimum absolute atomic E-state index is 0.257. The van der Waals surface area contributed by atoms with Gasteiger partial charge < -0.3 is 0 Å². The normalized spacial score (nSPS) is 11.8. The van der Waals surface area contributed by atoms with Gasteiger partial charge in [-0.1, -0.05) is 12.2 Å². The van der Waals surface area contributed by atoms with Crippen LogP contribution < -0.4 is 0 Å². The van der Waals surface area contributed by atoms with Gasteiger partial charge in [-0.05, 0) is 25.3 Å². The molecule has 10 heavy (non-hydrogen) atoms. The topological polar surface area (TPSA) is 0 Å². The molecule has 0 atom stereocenters. The van der Waals surface area contributed by atoms with Gasteiger partial charge in [0.15, 0.2) is 0 Å². The molecule has 0 amide bonds. The zero-order valence-corrected chi connectivity index (χ0v) is 5.89. The lowest BCUT2D eigenvalue weighted by atomic mass is 10.2. The number of hydrogen-bond donors (Lipinski definition) is 0. The fourth-order valence-electron chi connectivity index (χ4n) is 0.573. The van der Waals surface area contributed by atoms with Gasteiger partial charge >= 0.3 is 0 Å². The zero-order valence-electron chi connectivity index (χ0n) is 5.89. The summed E-state index contributed by atoms with van der Waals surface area (Å²) >= 11 is 0. The Morgan fingerprint density at radius 2 is 1.90 bits per heavy atom. The lowest BCUT2D eigenvalue weighted by Gasteiger charge is -1.87. The minimum Gasteiger partial charge on any atom is -0.251 e. The third-order valence-electron chi connectivity index (χ3n) is 1.07. The minimum atomic E-state index is -0.257. The van der Waals surface area contributed by atoms with Crippen LogP contribution in [0, 0.1) is 0 Å². The fourth-order valence-corrected chi connectivity index (χ4v) is 0.573. The Bertz CT molecular complexity index is 106. The van der Waals surface area contributed by atoms with Crippen molar-refractivity contribution in [3.63, 3.8) is 0 Å². The maximum Gasteiger partial charge on any atom is 0.0894 e. The van der Waals surface area contributed by atoms with E-state index in [0.29, 0.717) is 12.8 Å². The molecule has 0 nitrogen and oxygen atoms in total. The largest absolute Gasteiger partial charge is 0.251 e. The summed E-state index contributed by atoms with van der Waals surface area (Å²) in [4.78, 5) is 0. The first kappa shape index (κ1) is 9.34. The summed E-state index contributed by atoms with van der Waals surface area (Å²) in [5.74, 6) is 0. The van der Waals surface area contributed by atoms with Crippen LogP contribution in [-0.2, 0) is 0 Å². The molecule has 0 radical (unpaired) electrons. The average molecular weight is 146 g/mol. The number of rotatable bonds is 5. The number of unbranched alkanes of at least 4 members (excludes halogenated alkanes) is 2. The third kappa shape index (κ3) is 7.34. The standard InChI is InChI=1S/C8H12F2/c9-7-5-3-1-2-4-6-8-10/h1,3,5,7H,2,4,6,8H2. The van der Waals surface area contributed by atoms with E-state index in [1.807, 2.05) is 6.08 Å². The van der Waals surface area contributed by atoms with Gasteiger partial charge in [-0.25, -0.2) is 4.39 Å². The molecule has 0 spiro atoms. The van der Waals surface area contributed by atoms with Crippen LogP contribution in [0.2, 0.25) is 0 Å². The molecule has 0 bridgehead atoms. The van der Waals surface area contributed by atoms with E-state index in [-0.39, 0.29) is 6.67 Å². The first-order valence-electron chi connectivity index (χ1n) is 3.39. The van der Waals surface area contributed by atoms with Crippen LogP contribution in [0.3, 0.4) is 0 Å². The number of allylic oxidation sites excluding steroid dienone is 3. The molecule has 0 unspecified atom stereocenters. The number of halogens is 2. The molecule has 0 saturated heterocycles. The highest BCUT2D eigenvalue weighted by Gasteiger charge is 1.81. The van der Waals surface area contributed by atoms with Crippen LogP contribution >= 0.6 is 0 Å². The monoisotopic (exact) mass is 146 g/mol. The Labute approximate surface area is 60.2 Å². The van der Waals surface area contributed by atoms with Crippen molar-refractivity contribution in [1.29, 1.82) is 0 Å². The van der Waals surface area contributed by atoms with Gasteiger partial charge in [0.25, 0.3) is 0 Å². The SMILES string of the molecule is FC=CC=CCCCCF. The Morgan fingerprint density at radius 1 is 1.10 bits per heavy atom. The predicted octanol–water partition coefficient (Wildman–Crippen LogP) is 3.17. The van der Waals surface area contributed by atoms with E-state index in [0.717, 1.165) is 12.8 Å². The second kappa shape index (κ2) is 8.34. The van der Waals surface area contributed by atoms with Crippen molar-refractivity contribution in [3.05, 3.63) is 24.6 Å². The molecule has 0 rings (SSSR count). The maximum atomic E-state index is 11.5. The van der Waals surface area contributed by atoms with Crippen LogP contribution in [0.15, 0.2) is 24.6 Å². The maximum absolute atomic E-state index is 11.5. The summed E-state index contributed by atoms with van der Waals surface area (Å²) in [5.41, 5.74) is 0. The highest BCUT2D eigenvalue weighted by molar-refractivity contribution is 4.98. The predicted molar refractivity (Wildman–Crippen MR) is 39.2 cm³/mol. The van der Waals surface area contributed by atoms with Crippen molar-refractivity contribution in [3.8, 4) is 0 Å². The molecule has 0 saturated carbocycles. The second-order valence-electron chi connectivity index (χ2n) is 1.93. The molecule has 0 aromatic heterocycles. The summed E-state index contributed by atoms with van der Waals surface area (Å²) in [7, 11) is 0. The van der Waals surface area contributed by atoms with Crippen LogP contribution in [0.4, 0.5) is 8.78 Å². The Balaban J connectivity index is 3.02. The van der Waals surface area contributed by atoms with Crippen molar-refractivity contribution in [1.82, 2.24) is 0 Å². The van der Waals surface area contributed by atoms with Crippen molar-refractivity contribution >= 4 is 0 Å². The van der Waals surface area contributed by atoms with E-state index in [1.54, 1.807) is 6.08 Å². The molecule has 58 valence electrons. The molecular formula is C8H12F2. The van der Waals surface area contributed by atoms with Gasteiger partial charge in [-0.15, -0.1) is 0 Å². The molecule has 0 aromatic carbocycles. The zero-order chi connectivity index (χ0) is 7.66. The summed E-state index contributed by atoms with van der Waals surface area (Å²) in [5, 5.41) is 0. The van der Waals surface area contributed by atoms with Crippen LogP contribution in [0.1, 0.15) is 19.3 Å². The second-order valence-corrected chi connectivity index (χ2v) is 1.93. The van der Waals surface area contributed by atoms with Gasteiger partial charge in [0, 0.05) is 0 Å². The quantitative estimate of drug-likeness (QED) is 0.413. The summed E-state index contributed by atoms with van der Waals surface area (Å²) < 4.78 is 22.7. The third-order valence-corrected chi connectivity index (χ3v) is 1.07. The van der Waals surface area contributed by atoms with E-state index in [2.05, 4.69) is 0 Å². The van der Waals surface area contributed by atoms with Gasteiger partial charge in [0.05, 0.1) is 13.0 Å². The van der Waals surface area contributed by atoms with Crippen LogP contribution in [0.25, 0.3) is 0 Å². The molecule has 0 aromatic rings. The molecule has 0 aliphatic rings. The van der Waals surface area contributed by atoms with Gasteiger partial charge in [-0.2, -0.15) is 0 Å². The van der Waals surface area contributed by atoms with Gasteiger partial charge in [0.1, 0.15) is 0 Å². The summed E-state index contributed by atoms with van der Waals surface area (Å²) in [6.45, 7) is -0.257. The molecule has 0 fully saturated rings. The molecule has 0 aliphatic carbocycles. The van der Waals surface area contributed by atoms with E-state index in [9.17, 15) is 8.78 Å². The summed E-state index contributed by atoms with van der Waals surface area (Å²) in [6.07, 6.45) is 7.51. The fraction of sp³-hybridized carbons (Fsp3) is 0.500. The van der Waals surface area contributed by atoms with Crippen LogP contribution in [-0.4, -0.2) is 6.67 Å². The highest BCUT2D eigenvalue weighted by atomic mass is 19.1. The van der Waals surface area contributed by atoms with E-state index >= 15 is 0 Å². The van der Waals surface area contributed by atoms with Crippen molar-refractivity contribution < 1.29 is 8.78 Å². The summed E-state index contributed by atoms with van der Waals surface area (Å²) in [6, 6.07) is 0. The van der Waals surface area contributed by atoms with E-state index in [4.69, 9.17) is 0 Å². The van der Waals surface area contributed by atoms with Gasteiger partial charge in [0.2, 0.25) is 0 Å². The molecule has 0 N–H and O–H groups in total. The lowest BCUT2D eigenvalue weighted by molar-refractivity contribution is 0.463. The highest BCUT2D eigenvalue weighted by Crippen LogP contribution is 1.96. The first-order chi connectivity index (χ1) is 4.91. The van der Waals surface area contributed by atoms with Crippen LogP contribution in [0.5, 0.6) is 0 Å². The molecule has 2 heteroatoms. The van der Waals surface area contributed by atoms with E-state index < -0.39 is 0 Å². The van der Waals surface area contributed by atoms with Crippen molar-refractivity contribution in [2.24, 2.45) is 0 Å². The average Bonchev–Trinajstić information content (AvgIpc) is 1.97. The Hall–Kier alpha value is -0.660. The first-order valence-corrected chi connectivity index (χ1v) is 3.39. The smallest absolute Gasteiger partial charge is 0.0894 e. The molecular weight excluding hydrogens is 134 g/mol. The molecule has 0 heterocycles. The van der Waals surface area contributed by atoms with Gasteiger partial charge in [-0.3, -0.25) is 4.39 Å².